The van der Waals surface area contributed by atoms with Crippen molar-refractivity contribution in [2.24, 2.45) is 0 Å². The van der Waals surface area contributed by atoms with E-state index in [0.717, 1.165) is 25.0 Å². The van der Waals surface area contributed by atoms with Gasteiger partial charge in [0.1, 0.15) is 11.6 Å². The predicted octanol–water partition coefficient (Wildman–Crippen LogP) is 3.23. The Labute approximate surface area is 155 Å². The van der Waals surface area contributed by atoms with Crippen LogP contribution in [0, 0.1) is 11.6 Å². The number of halogens is 2. The van der Waals surface area contributed by atoms with Crippen LogP contribution in [0.2, 0.25) is 0 Å². The minimum atomic E-state index is -1.03. The zero-order valence-corrected chi connectivity index (χ0v) is 15.0. The monoisotopic (exact) mass is 378 g/mol. The zero-order chi connectivity index (χ0) is 19.8. The summed E-state index contributed by atoms with van der Waals surface area (Å²) in [7, 11) is 1.45. The third kappa shape index (κ3) is 5.40. The SMILES string of the molecule is CCCCOc1ccc(C(=O)NNC(=O)c2ccc(F)cc2F)cc1OC. The summed E-state index contributed by atoms with van der Waals surface area (Å²) >= 11 is 0. The molecule has 8 heteroatoms. The third-order valence-corrected chi connectivity index (χ3v) is 3.65. The van der Waals surface area contributed by atoms with Crippen LogP contribution < -0.4 is 20.3 Å². The molecule has 0 saturated carbocycles. The molecule has 2 amide bonds. The third-order valence-electron chi connectivity index (χ3n) is 3.65. The number of nitrogens with one attached hydrogen (secondary N) is 2. The summed E-state index contributed by atoms with van der Waals surface area (Å²) in [4.78, 5) is 24.1. The Kier molecular flexibility index (Phi) is 7.10. The number of benzene rings is 2. The topological polar surface area (TPSA) is 76.7 Å². The molecule has 2 aromatic carbocycles. The Morgan fingerprint density at radius 3 is 2.41 bits per heavy atom. The molecule has 0 aromatic heterocycles. The van der Waals surface area contributed by atoms with E-state index < -0.39 is 29.0 Å². The Morgan fingerprint density at radius 2 is 1.74 bits per heavy atom. The van der Waals surface area contributed by atoms with Crippen molar-refractivity contribution in [3.63, 3.8) is 0 Å². The molecule has 0 radical (unpaired) electrons. The van der Waals surface area contributed by atoms with Crippen molar-refractivity contribution in [3.8, 4) is 11.5 Å². The van der Waals surface area contributed by atoms with Gasteiger partial charge >= 0.3 is 0 Å². The second kappa shape index (κ2) is 9.51. The number of carbonyl (C=O) groups excluding carboxylic acids is 2. The highest BCUT2D eigenvalue weighted by atomic mass is 19.1. The molecule has 6 nitrogen and oxygen atoms in total. The van der Waals surface area contributed by atoms with Crippen LogP contribution in [-0.4, -0.2) is 25.5 Å². The van der Waals surface area contributed by atoms with Crippen molar-refractivity contribution >= 4 is 11.8 Å². The molecule has 0 aliphatic rings. The normalized spacial score (nSPS) is 10.2. The van der Waals surface area contributed by atoms with Gasteiger partial charge in [0, 0.05) is 11.6 Å². The van der Waals surface area contributed by atoms with Gasteiger partial charge in [0.05, 0.1) is 19.3 Å². The summed E-state index contributed by atoms with van der Waals surface area (Å²) in [5.41, 5.74) is 4.05. The molecule has 2 aromatic rings. The number of hydrazine groups is 1. The molecular weight excluding hydrogens is 358 g/mol. The molecule has 0 fully saturated rings. The van der Waals surface area contributed by atoms with Gasteiger partial charge in [-0.2, -0.15) is 0 Å². The summed E-state index contributed by atoms with van der Waals surface area (Å²) in [6.45, 7) is 2.57. The van der Waals surface area contributed by atoms with Crippen molar-refractivity contribution in [3.05, 3.63) is 59.2 Å². The van der Waals surface area contributed by atoms with Crippen LogP contribution in [0.4, 0.5) is 8.78 Å². The summed E-state index contributed by atoms with van der Waals surface area (Å²) in [6, 6.07) is 7.06. The quantitative estimate of drug-likeness (QED) is 0.573. The van der Waals surface area contributed by atoms with Crippen LogP contribution in [0.25, 0.3) is 0 Å². The molecular formula is C19H20F2N2O4. The number of unbranched alkanes of at least 4 members (excludes halogenated alkanes) is 1. The first-order chi connectivity index (χ1) is 13.0. The van der Waals surface area contributed by atoms with Gasteiger partial charge in [0.2, 0.25) is 0 Å². The van der Waals surface area contributed by atoms with Crippen molar-refractivity contribution in [1.82, 2.24) is 10.9 Å². The number of amides is 2. The van der Waals surface area contributed by atoms with Gasteiger partial charge < -0.3 is 9.47 Å². The number of carbonyl (C=O) groups is 2. The maximum atomic E-state index is 13.6. The molecule has 144 valence electrons. The first-order valence-electron chi connectivity index (χ1n) is 8.32. The van der Waals surface area contributed by atoms with Crippen LogP contribution >= 0.6 is 0 Å². The minimum Gasteiger partial charge on any atom is -0.493 e. The van der Waals surface area contributed by atoms with E-state index >= 15 is 0 Å². The molecule has 2 N–H and O–H groups in total. The molecule has 0 atom stereocenters. The number of hydrogen-bond donors (Lipinski definition) is 2. The van der Waals surface area contributed by atoms with Crippen molar-refractivity contribution < 1.29 is 27.8 Å². The summed E-state index contributed by atoms with van der Waals surface area (Å²) in [5.74, 6) is -2.51. The maximum Gasteiger partial charge on any atom is 0.272 e. The molecule has 27 heavy (non-hydrogen) atoms. The van der Waals surface area contributed by atoms with Crippen LogP contribution in [0.5, 0.6) is 11.5 Å². The van der Waals surface area contributed by atoms with E-state index in [4.69, 9.17) is 9.47 Å². The molecule has 0 saturated heterocycles. The zero-order valence-electron chi connectivity index (χ0n) is 15.0. The first-order valence-corrected chi connectivity index (χ1v) is 8.32. The summed E-state index contributed by atoms with van der Waals surface area (Å²) < 4.78 is 37.3. The summed E-state index contributed by atoms with van der Waals surface area (Å²) in [5, 5.41) is 0. The van der Waals surface area contributed by atoms with Crippen molar-refractivity contribution in [1.29, 1.82) is 0 Å². The fourth-order valence-electron chi connectivity index (χ4n) is 2.18. The average Bonchev–Trinajstić information content (AvgIpc) is 2.66. The van der Waals surface area contributed by atoms with E-state index in [1.54, 1.807) is 6.07 Å². The van der Waals surface area contributed by atoms with Crippen LogP contribution in [0.15, 0.2) is 36.4 Å². The van der Waals surface area contributed by atoms with Gasteiger partial charge in [-0.05, 0) is 36.8 Å². The second-order valence-electron chi connectivity index (χ2n) is 5.60. The minimum absolute atomic E-state index is 0.203. The second-order valence-corrected chi connectivity index (χ2v) is 5.60. The van der Waals surface area contributed by atoms with Crippen molar-refractivity contribution in [2.45, 2.75) is 19.8 Å². The number of methoxy groups -OCH3 is 1. The highest BCUT2D eigenvalue weighted by molar-refractivity contribution is 5.99. The number of hydrogen-bond acceptors (Lipinski definition) is 4. The molecule has 0 spiro atoms. The van der Waals surface area contributed by atoms with Gasteiger partial charge in [-0.15, -0.1) is 0 Å². The fraction of sp³-hybridized carbons (Fsp3) is 0.263. The lowest BCUT2D eigenvalue weighted by molar-refractivity contribution is 0.0844. The molecule has 0 aliphatic heterocycles. The molecule has 0 heterocycles. The molecule has 0 unspecified atom stereocenters. The van der Waals surface area contributed by atoms with Crippen molar-refractivity contribution in [2.75, 3.05) is 13.7 Å². The number of ether oxygens (including phenoxy) is 2. The Bertz CT molecular complexity index is 827. The largest absolute Gasteiger partial charge is 0.493 e. The maximum absolute atomic E-state index is 13.6. The Morgan fingerprint density at radius 1 is 1.00 bits per heavy atom. The van der Waals surface area contributed by atoms with E-state index in [-0.39, 0.29) is 5.56 Å². The van der Waals surface area contributed by atoms with Gasteiger partial charge in [-0.25, -0.2) is 8.78 Å². The van der Waals surface area contributed by atoms with Gasteiger partial charge in [0.15, 0.2) is 11.5 Å². The number of rotatable bonds is 7. The van der Waals surface area contributed by atoms with E-state index in [0.29, 0.717) is 24.2 Å². The Balaban J connectivity index is 2.01. The summed E-state index contributed by atoms with van der Waals surface area (Å²) in [6.07, 6.45) is 1.87. The van der Waals surface area contributed by atoms with Crippen LogP contribution in [0.3, 0.4) is 0 Å². The molecule has 2 rings (SSSR count). The highest BCUT2D eigenvalue weighted by Crippen LogP contribution is 2.28. The lowest BCUT2D eigenvalue weighted by atomic mass is 10.2. The van der Waals surface area contributed by atoms with Crippen LogP contribution in [-0.2, 0) is 0 Å². The van der Waals surface area contributed by atoms with Crippen LogP contribution in [0.1, 0.15) is 40.5 Å². The van der Waals surface area contributed by atoms with Gasteiger partial charge in [0.25, 0.3) is 11.8 Å². The standard InChI is InChI=1S/C19H20F2N2O4/c1-3-4-9-27-16-8-5-12(10-17(16)26-2)18(24)22-23-19(25)14-7-6-13(20)11-15(14)21/h5-8,10-11H,3-4,9H2,1-2H3,(H,22,24)(H,23,25). The Hall–Kier alpha value is -3.16. The molecule has 0 aliphatic carbocycles. The van der Waals surface area contributed by atoms with Gasteiger partial charge in [-0.3, -0.25) is 20.4 Å². The lowest BCUT2D eigenvalue weighted by Gasteiger charge is -2.12. The fourth-order valence-corrected chi connectivity index (χ4v) is 2.18. The van der Waals surface area contributed by atoms with E-state index in [9.17, 15) is 18.4 Å². The van der Waals surface area contributed by atoms with E-state index in [1.165, 1.54) is 19.2 Å². The predicted molar refractivity (Wildman–Crippen MR) is 94.7 cm³/mol. The smallest absolute Gasteiger partial charge is 0.272 e. The highest BCUT2D eigenvalue weighted by Gasteiger charge is 2.15. The first kappa shape index (κ1) is 20.2. The molecule has 0 bridgehead atoms. The lowest BCUT2D eigenvalue weighted by Crippen LogP contribution is -2.42. The van der Waals surface area contributed by atoms with E-state index in [1.807, 2.05) is 6.92 Å². The van der Waals surface area contributed by atoms with Gasteiger partial charge in [-0.1, -0.05) is 13.3 Å². The average molecular weight is 378 g/mol. The van der Waals surface area contributed by atoms with E-state index in [2.05, 4.69) is 10.9 Å².